The SMILES string of the molecule is CC[C@H](C)[C@@](F)(NS(=O)(=O)c1ccccc1)[C@@H](O)C=C(C)C. The number of benzene rings is 1. The van der Waals surface area contributed by atoms with Crippen molar-refractivity contribution in [2.45, 2.75) is 50.9 Å². The summed E-state index contributed by atoms with van der Waals surface area (Å²) in [4.78, 5) is -0.0373. The highest BCUT2D eigenvalue weighted by Gasteiger charge is 2.45. The molecule has 4 nitrogen and oxygen atoms in total. The number of hydrogen-bond acceptors (Lipinski definition) is 3. The lowest BCUT2D eigenvalue weighted by Crippen LogP contribution is -2.56. The lowest BCUT2D eigenvalue weighted by molar-refractivity contribution is -0.0313. The Morgan fingerprint density at radius 2 is 1.91 bits per heavy atom. The van der Waals surface area contributed by atoms with Crippen LogP contribution in [-0.2, 0) is 10.0 Å². The van der Waals surface area contributed by atoms with Crippen LogP contribution in [0.2, 0.25) is 0 Å². The molecular weight excluding hydrogens is 305 g/mol. The van der Waals surface area contributed by atoms with E-state index in [0.29, 0.717) is 12.0 Å². The van der Waals surface area contributed by atoms with Crippen molar-refractivity contribution in [3.63, 3.8) is 0 Å². The van der Waals surface area contributed by atoms with Crippen molar-refractivity contribution in [3.05, 3.63) is 42.0 Å². The van der Waals surface area contributed by atoms with Gasteiger partial charge in [-0.2, -0.15) is 4.72 Å². The van der Waals surface area contributed by atoms with Crippen molar-refractivity contribution in [3.8, 4) is 0 Å². The number of halogens is 1. The van der Waals surface area contributed by atoms with E-state index < -0.39 is 27.8 Å². The van der Waals surface area contributed by atoms with Crippen LogP contribution in [0.25, 0.3) is 0 Å². The fourth-order valence-corrected chi connectivity index (χ4v) is 3.42. The van der Waals surface area contributed by atoms with Crippen LogP contribution in [0.4, 0.5) is 4.39 Å². The van der Waals surface area contributed by atoms with E-state index in [9.17, 15) is 13.5 Å². The molecule has 1 rings (SSSR count). The molecule has 0 unspecified atom stereocenters. The van der Waals surface area contributed by atoms with E-state index >= 15 is 4.39 Å². The molecule has 0 amide bonds. The van der Waals surface area contributed by atoms with Gasteiger partial charge in [-0.15, -0.1) is 0 Å². The van der Waals surface area contributed by atoms with Gasteiger partial charge in [-0.1, -0.05) is 43.7 Å². The van der Waals surface area contributed by atoms with Crippen molar-refractivity contribution in [1.82, 2.24) is 4.72 Å². The summed E-state index contributed by atoms with van der Waals surface area (Å²) in [7, 11) is -4.07. The molecule has 22 heavy (non-hydrogen) atoms. The summed E-state index contributed by atoms with van der Waals surface area (Å²) in [5, 5.41) is 10.2. The Morgan fingerprint density at radius 1 is 1.36 bits per heavy atom. The minimum Gasteiger partial charge on any atom is -0.384 e. The molecule has 0 aromatic heterocycles. The smallest absolute Gasteiger partial charge is 0.243 e. The lowest BCUT2D eigenvalue weighted by Gasteiger charge is -2.34. The van der Waals surface area contributed by atoms with E-state index in [1.165, 1.54) is 18.2 Å². The monoisotopic (exact) mass is 329 g/mol. The minimum absolute atomic E-state index is 0.0373. The van der Waals surface area contributed by atoms with Crippen LogP contribution in [0.5, 0.6) is 0 Å². The molecule has 0 saturated heterocycles. The maximum absolute atomic E-state index is 15.3. The third-order valence-electron chi connectivity index (χ3n) is 3.60. The average molecular weight is 329 g/mol. The van der Waals surface area contributed by atoms with Gasteiger partial charge in [0, 0.05) is 5.92 Å². The molecule has 0 saturated carbocycles. The molecule has 124 valence electrons. The van der Waals surface area contributed by atoms with Gasteiger partial charge in [-0.05, 0) is 32.4 Å². The Balaban J connectivity index is 3.22. The molecule has 1 aromatic rings. The Bertz CT molecular complexity index is 612. The molecule has 0 aliphatic heterocycles. The first-order valence-electron chi connectivity index (χ1n) is 7.24. The number of allylic oxidation sites excluding steroid dienone is 1. The van der Waals surface area contributed by atoms with Crippen molar-refractivity contribution in [2.24, 2.45) is 5.92 Å². The fraction of sp³-hybridized carbons (Fsp3) is 0.500. The summed E-state index contributed by atoms with van der Waals surface area (Å²) in [5.74, 6) is -3.17. The van der Waals surface area contributed by atoms with Crippen LogP contribution >= 0.6 is 0 Å². The third-order valence-corrected chi connectivity index (χ3v) is 5.07. The molecule has 0 fully saturated rings. The number of sulfonamides is 1. The van der Waals surface area contributed by atoms with Gasteiger partial charge in [-0.3, -0.25) is 0 Å². The third kappa shape index (κ3) is 4.38. The summed E-state index contributed by atoms with van der Waals surface area (Å²) in [6.45, 7) is 6.73. The summed E-state index contributed by atoms with van der Waals surface area (Å²) in [6.07, 6.45) is 0.132. The summed E-state index contributed by atoms with van der Waals surface area (Å²) >= 11 is 0. The van der Waals surface area contributed by atoms with E-state index in [-0.39, 0.29) is 4.90 Å². The summed E-state index contributed by atoms with van der Waals surface area (Å²) < 4.78 is 42.1. The zero-order valence-electron chi connectivity index (χ0n) is 13.4. The van der Waals surface area contributed by atoms with E-state index in [2.05, 4.69) is 4.72 Å². The Morgan fingerprint density at radius 3 is 2.36 bits per heavy atom. The average Bonchev–Trinajstić information content (AvgIpc) is 2.46. The van der Waals surface area contributed by atoms with Gasteiger partial charge in [0.25, 0.3) is 0 Å². The van der Waals surface area contributed by atoms with Crippen molar-refractivity contribution >= 4 is 10.0 Å². The molecular formula is C16H24FNO3S. The first kappa shape index (κ1) is 18.8. The standard InChI is InChI=1S/C16H24FNO3S/c1-5-13(4)16(17,15(19)11-12(2)3)18-22(20,21)14-9-7-6-8-10-14/h6-11,13,15,18-19H,5H2,1-4H3/t13-,15-,16+/m0/s1. The number of rotatable bonds is 7. The number of aliphatic hydroxyl groups excluding tert-OH is 1. The van der Waals surface area contributed by atoms with E-state index in [1.54, 1.807) is 45.9 Å². The van der Waals surface area contributed by atoms with Gasteiger partial charge in [0.2, 0.25) is 15.8 Å². The quantitative estimate of drug-likeness (QED) is 0.597. The van der Waals surface area contributed by atoms with E-state index in [1.807, 2.05) is 0 Å². The summed E-state index contributed by atoms with van der Waals surface area (Å²) in [6, 6.07) is 7.56. The second kappa shape index (κ2) is 7.35. The first-order valence-corrected chi connectivity index (χ1v) is 8.72. The maximum Gasteiger partial charge on any atom is 0.243 e. The molecule has 1 aromatic carbocycles. The predicted octanol–water partition coefficient (Wildman–Crippen LogP) is 3.00. The number of aliphatic hydroxyl groups is 1. The Labute approximate surface area is 132 Å². The van der Waals surface area contributed by atoms with Crippen molar-refractivity contribution in [2.75, 3.05) is 0 Å². The predicted molar refractivity (Wildman–Crippen MR) is 85.5 cm³/mol. The van der Waals surface area contributed by atoms with Gasteiger partial charge in [0.15, 0.2) is 0 Å². The number of nitrogens with one attached hydrogen (secondary N) is 1. The Kier molecular flexibility index (Phi) is 6.28. The molecule has 2 N–H and O–H groups in total. The molecule has 0 aliphatic rings. The molecule has 6 heteroatoms. The Hall–Kier alpha value is -1.24. The summed E-state index contributed by atoms with van der Waals surface area (Å²) in [5.41, 5.74) is 0.705. The first-order chi connectivity index (χ1) is 10.1. The van der Waals surface area contributed by atoms with Crippen LogP contribution in [0, 0.1) is 5.92 Å². The molecule has 0 aliphatic carbocycles. The zero-order valence-corrected chi connectivity index (χ0v) is 14.2. The topological polar surface area (TPSA) is 66.4 Å². The van der Waals surface area contributed by atoms with Crippen molar-refractivity contribution in [1.29, 1.82) is 0 Å². The van der Waals surface area contributed by atoms with Crippen LogP contribution in [0.1, 0.15) is 34.1 Å². The normalized spacial score (nSPS) is 17.4. The van der Waals surface area contributed by atoms with Crippen LogP contribution in [0.15, 0.2) is 46.9 Å². The minimum atomic E-state index is -4.07. The molecule has 3 atom stereocenters. The van der Waals surface area contributed by atoms with Gasteiger partial charge >= 0.3 is 0 Å². The molecule has 0 bridgehead atoms. The van der Waals surface area contributed by atoms with E-state index in [0.717, 1.165) is 0 Å². The molecule has 0 spiro atoms. The fourth-order valence-electron chi connectivity index (χ4n) is 2.05. The molecule has 0 heterocycles. The lowest BCUT2D eigenvalue weighted by atomic mass is 9.91. The maximum atomic E-state index is 15.3. The highest BCUT2D eigenvalue weighted by molar-refractivity contribution is 7.89. The largest absolute Gasteiger partial charge is 0.384 e. The van der Waals surface area contributed by atoms with Gasteiger partial charge < -0.3 is 5.11 Å². The highest BCUT2D eigenvalue weighted by atomic mass is 32.2. The van der Waals surface area contributed by atoms with Crippen LogP contribution in [-0.4, -0.2) is 25.4 Å². The van der Waals surface area contributed by atoms with Crippen molar-refractivity contribution < 1.29 is 17.9 Å². The zero-order chi connectivity index (χ0) is 17.0. The van der Waals surface area contributed by atoms with Crippen LogP contribution < -0.4 is 4.72 Å². The van der Waals surface area contributed by atoms with Gasteiger partial charge in [0.05, 0.1) is 4.90 Å². The molecule has 0 radical (unpaired) electrons. The van der Waals surface area contributed by atoms with E-state index in [4.69, 9.17) is 0 Å². The van der Waals surface area contributed by atoms with Crippen LogP contribution in [0.3, 0.4) is 0 Å². The second-order valence-electron chi connectivity index (χ2n) is 5.68. The second-order valence-corrected chi connectivity index (χ2v) is 7.37. The van der Waals surface area contributed by atoms with Gasteiger partial charge in [0.1, 0.15) is 6.10 Å². The number of hydrogen-bond donors (Lipinski definition) is 2. The number of alkyl halides is 1. The van der Waals surface area contributed by atoms with Gasteiger partial charge in [-0.25, -0.2) is 12.8 Å². The highest BCUT2D eigenvalue weighted by Crippen LogP contribution is 2.29.